The lowest BCUT2D eigenvalue weighted by Crippen LogP contribution is -2.02. The van der Waals surface area contributed by atoms with E-state index in [0.29, 0.717) is 29.4 Å². The van der Waals surface area contributed by atoms with E-state index in [1.165, 1.54) is 12.1 Å². The van der Waals surface area contributed by atoms with E-state index >= 15 is 4.39 Å². The average molecular weight is 502 g/mol. The summed E-state index contributed by atoms with van der Waals surface area (Å²) in [5, 5.41) is 0.986. The van der Waals surface area contributed by atoms with Gasteiger partial charge in [-0.1, -0.05) is 37.3 Å². The third-order valence-corrected chi connectivity index (χ3v) is 6.08. The number of benzene rings is 4. The Kier molecular flexibility index (Phi) is 7.87. The molecule has 0 radical (unpaired) electrons. The highest BCUT2D eigenvalue weighted by atomic mass is 19.2. The normalized spacial score (nSPS) is 11.3. The molecule has 0 bridgehead atoms. The van der Waals surface area contributed by atoms with E-state index in [4.69, 9.17) is 4.74 Å². The van der Waals surface area contributed by atoms with Crippen LogP contribution in [0.4, 0.5) is 26.3 Å². The highest BCUT2D eigenvalue weighted by Crippen LogP contribution is 2.26. The van der Waals surface area contributed by atoms with Crippen LogP contribution in [0.25, 0.3) is 10.8 Å². The summed E-state index contributed by atoms with van der Waals surface area (Å²) in [6, 6.07) is 12.6. The number of hydrogen-bond donors (Lipinski definition) is 0. The van der Waals surface area contributed by atoms with Crippen LogP contribution >= 0.6 is 0 Å². The molecule has 0 saturated carbocycles. The minimum Gasteiger partial charge on any atom is -0.493 e. The maximum atomic E-state index is 15.1. The summed E-state index contributed by atoms with van der Waals surface area (Å²) >= 11 is 0. The molecular formula is C29H24F6O. The van der Waals surface area contributed by atoms with E-state index in [-0.39, 0.29) is 36.1 Å². The Hall–Kier alpha value is -3.48. The van der Waals surface area contributed by atoms with E-state index in [0.717, 1.165) is 24.1 Å². The molecule has 0 unspecified atom stereocenters. The molecule has 1 nitrogen and oxygen atoms in total. The maximum absolute atomic E-state index is 15.1. The van der Waals surface area contributed by atoms with Crippen LogP contribution in [0.2, 0.25) is 0 Å². The Morgan fingerprint density at radius 3 is 1.94 bits per heavy atom. The van der Waals surface area contributed by atoms with Gasteiger partial charge >= 0.3 is 0 Å². The smallest absolute Gasteiger partial charge is 0.194 e. The third-order valence-electron chi connectivity index (χ3n) is 6.08. The average Bonchev–Trinajstić information content (AvgIpc) is 2.85. The molecule has 188 valence electrons. The molecule has 7 heteroatoms. The van der Waals surface area contributed by atoms with Crippen LogP contribution in [-0.2, 0) is 25.7 Å². The van der Waals surface area contributed by atoms with Crippen LogP contribution in [-0.4, -0.2) is 6.61 Å². The molecule has 4 aromatic carbocycles. The van der Waals surface area contributed by atoms with Crippen LogP contribution < -0.4 is 4.74 Å². The van der Waals surface area contributed by atoms with Gasteiger partial charge in [0.25, 0.3) is 0 Å². The van der Waals surface area contributed by atoms with E-state index in [1.807, 2.05) is 6.92 Å². The van der Waals surface area contributed by atoms with Gasteiger partial charge in [-0.05, 0) is 66.3 Å². The van der Waals surface area contributed by atoms with Crippen molar-refractivity contribution in [2.75, 3.05) is 6.61 Å². The summed E-state index contributed by atoms with van der Waals surface area (Å²) < 4.78 is 89.2. The van der Waals surface area contributed by atoms with Gasteiger partial charge in [0.1, 0.15) is 23.2 Å². The first-order valence-corrected chi connectivity index (χ1v) is 11.7. The van der Waals surface area contributed by atoms with Crippen molar-refractivity contribution in [2.24, 2.45) is 0 Å². The molecule has 4 aromatic rings. The van der Waals surface area contributed by atoms with Crippen molar-refractivity contribution in [1.82, 2.24) is 0 Å². The molecule has 0 fully saturated rings. The fourth-order valence-electron chi connectivity index (χ4n) is 4.16. The van der Waals surface area contributed by atoms with E-state index < -0.39 is 34.9 Å². The minimum atomic E-state index is -1.53. The Bertz CT molecular complexity index is 1350. The molecule has 0 heterocycles. The largest absolute Gasteiger partial charge is 0.493 e. The van der Waals surface area contributed by atoms with Crippen LogP contribution in [0.3, 0.4) is 0 Å². The van der Waals surface area contributed by atoms with Gasteiger partial charge in [-0.25, -0.2) is 26.3 Å². The molecule has 0 aromatic heterocycles. The van der Waals surface area contributed by atoms with Crippen molar-refractivity contribution in [3.63, 3.8) is 0 Å². The van der Waals surface area contributed by atoms with Gasteiger partial charge in [0, 0.05) is 23.1 Å². The Morgan fingerprint density at radius 2 is 1.28 bits per heavy atom. The van der Waals surface area contributed by atoms with Crippen LogP contribution in [0.1, 0.15) is 35.6 Å². The van der Waals surface area contributed by atoms with Crippen molar-refractivity contribution in [2.45, 2.75) is 39.0 Å². The molecule has 0 amide bonds. The fourth-order valence-corrected chi connectivity index (χ4v) is 4.16. The molecule has 36 heavy (non-hydrogen) atoms. The monoisotopic (exact) mass is 502 g/mol. The summed E-state index contributed by atoms with van der Waals surface area (Å²) in [5.74, 6) is -5.73. The molecule has 0 saturated heterocycles. The number of hydrogen-bond acceptors (Lipinski definition) is 1. The molecule has 0 atom stereocenters. The SMILES string of the molecule is CCCOc1cc(F)c(CCc2ccc3c(F)c(CCc4cc(F)c(F)c(F)c4)ccc3c2)c(F)c1. The second-order valence-electron chi connectivity index (χ2n) is 8.68. The number of aryl methyl sites for hydroxylation is 3. The van der Waals surface area contributed by atoms with Gasteiger partial charge < -0.3 is 4.74 Å². The summed E-state index contributed by atoms with van der Waals surface area (Å²) in [6.45, 7) is 2.27. The minimum absolute atomic E-state index is 0.0332. The van der Waals surface area contributed by atoms with Crippen molar-refractivity contribution in [3.8, 4) is 5.75 Å². The van der Waals surface area contributed by atoms with E-state index in [2.05, 4.69) is 0 Å². The highest BCUT2D eigenvalue weighted by Gasteiger charge is 2.14. The number of ether oxygens (including phenoxy) is 1. The van der Waals surface area contributed by atoms with Gasteiger partial charge in [0.05, 0.1) is 6.61 Å². The zero-order chi connectivity index (χ0) is 25.8. The quantitative estimate of drug-likeness (QED) is 0.166. The Morgan fingerprint density at radius 1 is 0.611 bits per heavy atom. The van der Waals surface area contributed by atoms with E-state index in [9.17, 15) is 22.0 Å². The van der Waals surface area contributed by atoms with Crippen molar-refractivity contribution in [1.29, 1.82) is 0 Å². The highest BCUT2D eigenvalue weighted by molar-refractivity contribution is 5.84. The molecular weight excluding hydrogens is 478 g/mol. The zero-order valence-corrected chi connectivity index (χ0v) is 19.6. The first kappa shape index (κ1) is 25.6. The summed E-state index contributed by atoms with van der Waals surface area (Å²) in [7, 11) is 0. The predicted octanol–water partition coefficient (Wildman–Crippen LogP) is 8.03. The first-order chi connectivity index (χ1) is 17.3. The standard InChI is InChI=1S/C29H24F6O/c1-2-11-36-21-15-24(30)23(25(31)16-21)10-5-17-4-9-22-20(12-17)8-7-19(28(22)34)6-3-18-13-26(32)29(35)27(33)14-18/h4,7-9,12-16H,2-3,5-6,10-11H2,1H3. The molecule has 0 N–H and O–H groups in total. The number of halogens is 6. The Labute approximate surface area is 205 Å². The third kappa shape index (κ3) is 5.66. The molecule has 0 aliphatic rings. The second kappa shape index (κ2) is 11.1. The first-order valence-electron chi connectivity index (χ1n) is 11.7. The predicted molar refractivity (Wildman–Crippen MR) is 127 cm³/mol. The van der Waals surface area contributed by atoms with Crippen molar-refractivity contribution >= 4 is 10.8 Å². The van der Waals surface area contributed by atoms with Crippen LogP contribution in [0.15, 0.2) is 54.6 Å². The Balaban J connectivity index is 1.46. The summed E-state index contributed by atoms with van der Waals surface area (Å²) in [6.07, 6.45) is 1.51. The zero-order valence-electron chi connectivity index (χ0n) is 19.6. The summed E-state index contributed by atoms with van der Waals surface area (Å²) in [4.78, 5) is 0. The van der Waals surface area contributed by atoms with Gasteiger partial charge in [-0.15, -0.1) is 0 Å². The van der Waals surface area contributed by atoms with Crippen molar-refractivity contribution in [3.05, 3.63) is 112 Å². The lowest BCUT2D eigenvalue weighted by atomic mass is 9.97. The second-order valence-corrected chi connectivity index (χ2v) is 8.68. The molecule has 4 rings (SSSR count). The summed E-state index contributed by atoms with van der Waals surface area (Å²) in [5.41, 5.74) is 1.34. The van der Waals surface area contributed by atoms with Gasteiger partial charge in [0.15, 0.2) is 17.5 Å². The number of rotatable bonds is 9. The molecule has 0 spiro atoms. The van der Waals surface area contributed by atoms with Crippen molar-refractivity contribution < 1.29 is 31.1 Å². The number of fused-ring (bicyclic) bond motifs is 1. The fraction of sp³-hybridized carbons (Fsp3) is 0.241. The topological polar surface area (TPSA) is 9.23 Å². The lowest BCUT2D eigenvalue weighted by Gasteiger charge is -2.11. The maximum Gasteiger partial charge on any atom is 0.194 e. The van der Waals surface area contributed by atoms with Gasteiger partial charge in [-0.3, -0.25) is 0 Å². The van der Waals surface area contributed by atoms with E-state index in [1.54, 1.807) is 30.3 Å². The lowest BCUT2D eigenvalue weighted by molar-refractivity contribution is 0.313. The molecule has 0 aliphatic heterocycles. The van der Waals surface area contributed by atoms with Crippen LogP contribution in [0, 0.1) is 34.9 Å². The van der Waals surface area contributed by atoms with Gasteiger partial charge in [-0.2, -0.15) is 0 Å². The molecule has 0 aliphatic carbocycles. The van der Waals surface area contributed by atoms with Gasteiger partial charge in [0.2, 0.25) is 0 Å². The van der Waals surface area contributed by atoms with Crippen LogP contribution in [0.5, 0.6) is 5.75 Å².